The zero-order valence-electron chi connectivity index (χ0n) is 4.26. The molecule has 1 rings (SSSR count). The van der Waals surface area contributed by atoms with Crippen LogP contribution in [0.4, 0.5) is 0 Å². The van der Waals surface area contributed by atoms with Gasteiger partial charge in [0.25, 0.3) is 0 Å². The minimum Gasteiger partial charge on any atom is -0.350 e. The molecule has 0 amide bonds. The summed E-state index contributed by atoms with van der Waals surface area (Å²) in [6.45, 7) is 0. The summed E-state index contributed by atoms with van der Waals surface area (Å²) in [5.74, 6) is 0. The van der Waals surface area contributed by atoms with Crippen LogP contribution in [-0.2, 0) is 0 Å². The van der Waals surface area contributed by atoms with Crippen molar-refractivity contribution in [3.05, 3.63) is 18.2 Å². The van der Waals surface area contributed by atoms with Gasteiger partial charge in [-0.2, -0.15) is 5.26 Å². The van der Waals surface area contributed by atoms with Crippen molar-refractivity contribution in [3.63, 3.8) is 0 Å². The van der Waals surface area contributed by atoms with Gasteiger partial charge in [-0.15, -0.1) is 0 Å². The number of H-pyrrole nitrogens is 1. The summed E-state index contributed by atoms with van der Waals surface area (Å²) in [5.41, 5.74) is 0.431. The van der Waals surface area contributed by atoms with Crippen molar-refractivity contribution in [3.8, 4) is 6.07 Å². The monoisotopic (exact) mass is 110 g/mol. The van der Waals surface area contributed by atoms with Gasteiger partial charge in [-0.05, 0) is 0 Å². The Kier molecular flexibility index (Phi) is 2.31. The van der Waals surface area contributed by atoms with Crippen LogP contribution >= 0.6 is 0 Å². The lowest BCUT2D eigenvalue weighted by Gasteiger charge is -1.61. The Bertz CT molecular complexity index is 170. The molecule has 0 aromatic carbocycles. The number of nitrogens with zero attached hydrogens (tertiary/aromatic N) is 2. The second-order valence-corrected chi connectivity index (χ2v) is 1.07. The molecule has 0 bridgehead atoms. The molecule has 4 heteroatoms. The highest BCUT2D eigenvalue weighted by atomic mass is 14.9. The molecule has 0 fully saturated rings. The summed E-state index contributed by atoms with van der Waals surface area (Å²) >= 11 is 0. The summed E-state index contributed by atoms with van der Waals surface area (Å²) in [6, 6.07) is 1.86. The fourth-order valence-electron chi connectivity index (χ4n) is 0.321. The molecule has 1 aromatic heterocycles. The molecule has 0 radical (unpaired) electrons. The molecule has 4 N–H and O–H groups in total. The molecule has 4 nitrogen and oxygen atoms in total. The largest absolute Gasteiger partial charge is 0.350 e. The van der Waals surface area contributed by atoms with Crippen LogP contribution in [-0.4, -0.2) is 9.97 Å². The fourth-order valence-corrected chi connectivity index (χ4v) is 0.321. The molecule has 0 atom stereocenters. The van der Waals surface area contributed by atoms with Crippen LogP contribution in [0.25, 0.3) is 0 Å². The molecule has 0 saturated carbocycles. The Morgan fingerprint density at radius 2 is 2.50 bits per heavy atom. The fraction of sp³-hybridized carbons (Fsp3) is 0. The first-order valence-corrected chi connectivity index (χ1v) is 1.82. The summed E-state index contributed by atoms with van der Waals surface area (Å²) in [5, 5.41) is 8.09. The maximum Gasteiger partial charge on any atom is 0.158 e. The van der Waals surface area contributed by atoms with Crippen LogP contribution in [0.15, 0.2) is 12.5 Å². The number of nitriles is 1. The summed E-state index contributed by atoms with van der Waals surface area (Å²) in [4.78, 5) is 6.27. The first-order valence-electron chi connectivity index (χ1n) is 1.82. The lowest BCUT2D eigenvalue weighted by molar-refractivity contribution is 1.29. The van der Waals surface area contributed by atoms with Gasteiger partial charge in [0.05, 0.1) is 6.33 Å². The van der Waals surface area contributed by atoms with E-state index in [9.17, 15) is 0 Å². The summed E-state index contributed by atoms with van der Waals surface area (Å²) in [6.07, 6.45) is 3.01. The van der Waals surface area contributed by atoms with E-state index in [-0.39, 0.29) is 6.15 Å². The average molecular weight is 110 g/mol. The Morgan fingerprint density at radius 1 is 1.75 bits per heavy atom. The molecule has 1 aromatic rings. The highest BCUT2D eigenvalue weighted by Gasteiger charge is 1.83. The van der Waals surface area contributed by atoms with E-state index < -0.39 is 0 Å². The van der Waals surface area contributed by atoms with E-state index in [1.165, 1.54) is 6.33 Å². The zero-order chi connectivity index (χ0) is 5.11. The van der Waals surface area contributed by atoms with E-state index in [0.29, 0.717) is 5.69 Å². The molecule has 0 saturated heterocycles. The number of aromatic nitrogens is 2. The van der Waals surface area contributed by atoms with Crippen molar-refractivity contribution in [2.75, 3.05) is 0 Å². The first kappa shape index (κ1) is 6.66. The molecule has 0 spiro atoms. The second-order valence-electron chi connectivity index (χ2n) is 1.07. The van der Waals surface area contributed by atoms with Gasteiger partial charge in [0.1, 0.15) is 6.07 Å². The van der Waals surface area contributed by atoms with Crippen molar-refractivity contribution in [2.45, 2.75) is 0 Å². The first-order chi connectivity index (χ1) is 3.43. The van der Waals surface area contributed by atoms with Gasteiger partial charge in [-0.25, -0.2) is 4.98 Å². The van der Waals surface area contributed by atoms with Crippen molar-refractivity contribution in [1.82, 2.24) is 16.1 Å². The SMILES string of the molecule is N.N#Cc1c[nH]cn1. The Balaban J connectivity index is 0.000000490. The normalized spacial score (nSPS) is 6.88. The molecule has 8 heavy (non-hydrogen) atoms. The lowest BCUT2D eigenvalue weighted by atomic mass is 10.6. The third-order valence-electron chi connectivity index (χ3n) is 0.613. The van der Waals surface area contributed by atoms with Crippen LogP contribution in [0.5, 0.6) is 0 Å². The molecule has 0 aliphatic rings. The molecule has 0 unspecified atom stereocenters. The average Bonchev–Trinajstić information content (AvgIpc) is 2.14. The van der Waals surface area contributed by atoms with E-state index in [4.69, 9.17) is 5.26 Å². The number of hydrogen-bond donors (Lipinski definition) is 2. The van der Waals surface area contributed by atoms with Crippen LogP contribution in [0.2, 0.25) is 0 Å². The topological polar surface area (TPSA) is 87.5 Å². The van der Waals surface area contributed by atoms with Crippen LogP contribution in [0, 0.1) is 11.3 Å². The van der Waals surface area contributed by atoms with E-state index in [1.807, 2.05) is 6.07 Å². The Morgan fingerprint density at radius 3 is 2.75 bits per heavy atom. The van der Waals surface area contributed by atoms with Gasteiger partial charge in [0.15, 0.2) is 5.69 Å². The number of imidazole rings is 1. The maximum absolute atomic E-state index is 8.09. The van der Waals surface area contributed by atoms with Crippen LogP contribution in [0.1, 0.15) is 5.69 Å². The van der Waals surface area contributed by atoms with Gasteiger partial charge >= 0.3 is 0 Å². The number of rotatable bonds is 0. The highest BCUT2D eigenvalue weighted by molar-refractivity contribution is 5.13. The molecule has 42 valence electrons. The molecule has 0 aliphatic heterocycles. The third kappa shape index (κ3) is 1.06. The Labute approximate surface area is 46.8 Å². The maximum atomic E-state index is 8.09. The quantitative estimate of drug-likeness (QED) is 0.508. The van der Waals surface area contributed by atoms with Crippen LogP contribution < -0.4 is 6.15 Å². The number of nitrogens with one attached hydrogen (secondary N) is 1. The number of aromatic amines is 1. The standard InChI is InChI=1S/C4H3N3.H3N/c5-1-4-2-6-3-7-4;/h2-3H,(H,6,7);1H3. The second kappa shape index (κ2) is 2.77. The summed E-state index contributed by atoms with van der Waals surface area (Å²) in [7, 11) is 0. The minimum absolute atomic E-state index is 0. The minimum atomic E-state index is 0. The molecular formula is C4H6N4. The molecule has 1 heterocycles. The molecule has 0 aliphatic carbocycles. The highest BCUT2D eigenvalue weighted by Crippen LogP contribution is 1.82. The third-order valence-corrected chi connectivity index (χ3v) is 0.613. The summed E-state index contributed by atoms with van der Waals surface area (Å²) < 4.78 is 0. The molecular weight excluding hydrogens is 104 g/mol. The lowest BCUT2D eigenvalue weighted by Crippen LogP contribution is -1.64. The predicted molar refractivity (Wildman–Crippen MR) is 28.3 cm³/mol. The van der Waals surface area contributed by atoms with Crippen molar-refractivity contribution in [1.29, 1.82) is 5.26 Å². The van der Waals surface area contributed by atoms with Gasteiger partial charge in [-0.3, -0.25) is 0 Å². The van der Waals surface area contributed by atoms with Crippen molar-refractivity contribution in [2.24, 2.45) is 0 Å². The van der Waals surface area contributed by atoms with Crippen molar-refractivity contribution >= 4 is 0 Å². The van der Waals surface area contributed by atoms with E-state index in [2.05, 4.69) is 9.97 Å². The van der Waals surface area contributed by atoms with Gasteiger partial charge in [0.2, 0.25) is 0 Å². The Hall–Kier alpha value is -1.34. The van der Waals surface area contributed by atoms with Gasteiger partial charge in [-0.1, -0.05) is 0 Å². The zero-order valence-corrected chi connectivity index (χ0v) is 4.26. The smallest absolute Gasteiger partial charge is 0.158 e. The van der Waals surface area contributed by atoms with Crippen molar-refractivity contribution < 1.29 is 0 Å². The predicted octanol–water partition coefficient (Wildman–Crippen LogP) is 0.443. The van der Waals surface area contributed by atoms with Gasteiger partial charge in [0, 0.05) is 6.20 Å². The van der Waals surface area contributed by atoms with E-state index in [1.54, 1.807) is 6.20 Å². The number of hydrogen-bond acceptors (Lipinski definition) is 3. The van der Waals surface area contributed by atoms with E-state index >= 15 is 0 Å². The van der Waals surface area contributed by atoms with Crippen LogP contribution in [0.3, 0.4) is 0 Å². The van der Waals surface area contributed by atoms with Gasteiger partial charge < -0.3 is 11.1 Å². The van der Waals surface area contributed by atoms with E-state index in [0.717, 1.165) is 0 Å².